The van der Waals surface area contributed by atoms with Gasteiger partial charge >= 0.3 is 0 Å². The number of halogens is 1. The van der Waals surface area contributed by atoms with Gasteiger partial charge in [-0.05, 0) is 48.6 Å². The number of aromatic nitrogens is 3. The van der Waals surface area contributed by atoms with Crippen molar-refractivity contribution in [2.75, 3.05) is 5.32 Å². The number of nitrogens with one attached hydrogen (secondary N) is 2. The minimum atomic E-state index is -0.293. The van der Waals surface area contributed by atoms with Gasteiger partial charge in [-0.1, -0.05) is 41.0 Å². The highest BCUT2D eigenvalue weighted by molar-refractivity contribution is 6.31. The average molecular weight is 423 g/mol. The molecule has 0 saturated carbocycles. The number of H-pyrrole nitrogens is 1. The van der Waals surface area contributed by atoms with Crippen LogP contribution in [0.25, 0.3) is 22.3 Å². The summed E-state index contributed by atoms with van der Waals surface area (Å²) < 4.78 is 5.23. The zero-order valence-corrected chi connectivity index (χ0v) is 17.2. The average Bonchev–Trinajstić information content (AvgIpc) is 3.18. The minimum absolute atomic E-state index is 0.153. The SMILES string of the molecule is Cc1ccc(NC(=O)CCc2nc(-c3cc4cccc(C)c4[nH]c3=O)no2)cc1Cl. The summed E-state index contributed by atoms with van der Waals surface area (Å²) in [5.74, 6) is 0.278. The number of para-hydroxylation sites is 1. The van der Waals surface area contributed by atoms with Crippen LogP contribution in [0, 0.1) is 13.8 Å². The van der Waals surface area contributed by atoms with Crippen LogP contribution >= 0.6 is 11.6 Å². The van der Waals surface area contributed by atoms with Crippen molar-refractivity contribution in [3.63, 3.8) is 0 Å². The molecule has 0 saturated heterocycles. The lowest BCUT2D eigenvalue weighted by molar-refractivity contribution is -0.116. The Hall–Kier alpha value is -3.45. The van der Waals surface area contributed by atoms with Crippen molar-refractivity contribution < 1.29 is 9.32 Å². The minimum Gasteiger partial charge on any atom is -0.339 e. The van der Waals surface area contributed by atoms with Crippen molar-refractivity contribution in [2.24, 2.45) is 0 Å². The van der Waals surface area contributed by atoms with E-state index in [4.69, 9.17) is 16.1 Å². The summed E-state index contributed by atoms with van der Waals surface area (Å²) in [6.45, 7) is 3.82. The van der Waals surface area contributed by atoms with Crippen LogP contribution in [0.5, 0.6) is 0 Å². The fraction of sp³-hybridized carbons (Fsp3) is 0.182. The molecule has 2 heterocycles. The van der Waals surface area contributed by atoms with Gasteiger partial charge in [-0.25, -0.2) is 0 Å². The first-order chi connectivity index (χ1) is 14.4. The van der Waals surface area contributed by atoms with Gasteiger partial charge in [0.25, 0.3) is 5.56 Å². The van der Waals surface area contributed by atoms with E-state index in [0.717, 1.165) is 22.0 Å². The molecule has 7 nitrogen and oxygen atoms in total. The molecule has 152 valence electrons. The highest BCUT2D eigenvalue weighted by Gasteiger charge is 2.15. The molecule has 0 aliphatic carbocycles. The van der Waals surface area contributed by atoms with Crippen LogP contribution < -0.4 is 10.9 Å². The lowest BCUT2D eigenvalue weighted by Crippen LogP contribution is -2.12. The van der Waals surface area contributed by atoms with E-state index in [9.17, 15) is 9.59 Å². The van der Waals surface area contributed by atoms with Crippen molar-refractivity contribution >= 4 is 34.1 Å². The molecule has 4 rings (SSSR count). The Kier molecular flexibility index (Phi) is 5.37. The lowest BCUT2D eigenvalue weighted by atomic mass is 10.1. The van der Waals surface area contributed by atoms with Gasteiger partial charge in [-0.15, -0.1) is 0 Å². The molecule has 4 aromatic rings. The monoisotopic (exact) mass is 422 g/mol. The number of carbonyl (C=O) groups excluding carboxylic acids is 1. The number of nitrogens with zero attached hydrogens (tertiary/aromatic N) is 2. The molecule has 0 fully saturated rings. The number of amides is 1. The molecule has 0 unspecified atom stereocenters. The highest BCUT2D eigenvalue weighted by Crippen LogP contribution is 2.21. The predicted octanol–water partition coefficient (Wildman–Crippen LogP) is 4.42. The molecule has 0 aliphatic heterocycles. The van der Waals surface area contributed by atoms with Crippen LogP contribution in [0.1, 0.15) is 23.4 Å². The van der Waals surface area contributed by atoms with E-state index >= 15 is 0 Å². The third-order valence-electron chi connectivity index (χ3n) is 4.82. The maximum atomic E-state index is 12.5. The molecule has 2 aromatic carbocycles. The number of anilines is 1. The van der Waals surface area contributed by atoms with E-state index in [1.165, 1.54) is 0 Å². The van der Waals surface area contributed by atoms with E-state index in [2.05, 4.69) is 20.4 Å². The molecule has 8 heteroatoms. The Morgan fingerprint density at radius 3 is 2.80 bits per heavy atom. The van der Waals surface area contributed by atoms with Gasteiger partial charge in [-0.3, -0.25) is 9.59 Å². The quantitative estimate of drug-likeness (QED) is 0.495. The summed E-state index contributed by atoms with van der Waals surface area (Å²) in [6.07, 6.45) is 0.406. The topological polar surface area (TPSA) is 101 Å². The van der Waals surface area contributed by atoms with Crippen LogP contribution in [0.2, 0.25) is 5.02 Å². The predicted molar refractivity (Wildman–Crippen MR) is 116 cm³/mol. The summed E-state index contributed by atoms with van der Waals surface area (Å²) in [5.41, 5.74) is 3.35. The standard InChI is InChI=1S/C22H19ClN4O3/c1-12-6-7-15(11-17(12)23)24-18(28)8-9-19-25-21(27-30-19)16-10-14-5-3-4-13(2)20(14)26-22(16)29/h3-7,10-11H,8-9H2,1-2H3,(H,24,28)(H,26,29). The number of hydrogen-bond donors (Lipinski definition) is 2. The second-order valence-electron chi connectivity index (χ2n) is 7.08. The summed E-state index contributed by atoms with van der Waals surface area (Å²) in [4.78, 5) is 31.8. The van der Waals surface area contributed by atoms with E-state index in [0.29, 0.717) is 16.3 Å². The molecular formula is C22H19ClN4O3. The first kappa shape index (κ1) is 19.8. The molecule has 0 bridgehead atoms. The van der Waals surface area contributed by atoms with Crippen molar-refractivity contribution in [3.05, 3.63) is 74.9 Å². The normalized spacial score (nSPS) is 11.0. The summed E-state index contributed by atoms with van der Waals surface area (Å²) in [7, 11) is 0. The van der Waals surface area contributed by atoms with Gasteiger partial charge in [0.2, 0.25) is 17.6 Å². The van der Waals surface area contributed by atoms with Gasteiger partial charge in [-0.2, -0.15) is 4.98 Å². The molecule has 0 spiro atoms. The molecule has 2 N–H and O–H groups in total. The number of rotatable bonds is 5. The number of hydrogen-bond acceptors (Lipinski definition) is 5. The van der Waals surface area contributed by atoms with E-state index in [1.54, 1.807) is 18.2 Å². The summed E-state index contributed by atoms with van der Waals surface area (Å²) >= 11 is 6.08. The summed E-state index contributed by atoms with van der Waals surface area (Å²) in [6, 6.07) is 12.8. The van der Waals surface area contributed by atoms with E-state index in [1.807, 2.05) is 38.1 Å². The third-order valence-corrected chi connectivity index (χ3v) is 5.23. The first-order valence-corrected chi connectivity index (χ1v) is 9.80. The second-order valence-corrected chi connectivity index (χ2v) is 7.48. The zero-order valence-electron chi connectivity index (χ0n) is 16.5. The zero-order chi connectivity index (χ0) is 21.3. The molecule has 0 atom stereocenters. The third kappa shape index (κ3) is 4.11. The van der Waals surface area contributed by atoms with Gasteiger partial charge in [0, 0.05) is 23.6 Å². The van der Waals surface area contributed by atoms with Gasteiger partial charge in [0.1, 0.15) is 0 Å². The fourth-order valence-electron chi connectivity index (χ4n) is 3.13. The van der Waals surface area contributed by atoms with Crippen molar-refractivity contribution in [2.45, 2.75) is 26.7 Å². The molecule has 0 aliphatic rings. The highest BCUT2D eigenvalue weighted by atomic mass is 35.5. The molecule has 2 aromatic heterocycles. The van der Waals surface area contributed by atoms with Gasteiger partial charge < -0.3 is 14.8 Å². The van der Waals surface area contributed by atoms with Crippen molar-refractivity contribution in [1.29, 1.82) is 0 Å². The van der Waals surface area contributed by atoms with Crippen LogP contribution in [-0.2, 0) is 11.2 Å². The number of fused-ring (bicyclic) bond motifs is 1. The van der Waals surface area contributed by atoms with Gasteiger partial charge in [0.05, 0.1) is 11.1 Å². The maximum absolute atomic E-state index is 12.5. The number of aromatic amines is 1. The number of carbonyl (C=O) groups is 1. The number of pyridine rings is 1. The molecule has 0 radical (unpaired) electrons. The Bertz CT molecular complexity index is 1310. The lowest BCUT2D eigenvalue weighted by Gasteiger charge is -2.06. The largest absolute Gasteiger partial charge is 0.339 e. The number of benzene rings is 2. The Balaban J connectivity index is 1.46. The summed E-state index contributed by atoms with van der Waals surface area (Å²) in [5, 5.41) is 8.16. The van der Waals surface area contributed by atoms with Crippen molar-refractivity contribution in [3.8, 4) is 11.4 Å². The van der Waals surface area contributed by atoms with Crippen LogP contribution in [0.3, 0.4) is 0 Å². The Labute approximate surface area is 177 Å². The Morgan fingerprint density at radius 2 is 2.00 bits per heavy atom. The van der Waals surface area contributed by atoms with Crippen LogP contribution in [0.4, 0.5) is 5.69 Å². The second kappa shape index (κ2) is 8.12. The molecular weight excluding hydrogens is 404 g/mol. The molecule has 1 amide bonds. The van der Waals surface area contributed by atoms with Crippen LogP contribution in [0.15, 0.2) is 51.8 Å². The Morgan fingerprint density at radius 1 is 1.17 bits per heavy atom. The maximum Gasteiger partial charge on any atom is 0.259 e. The molecule has 30 heavy (non-hydrogen) atoms. The van der Waals surface area contributed by atoms with Crippen molar-refractivity contribution in [1.82, 2.24) is 15.1 Å². The van der Waals surface area contributed by atoms with Crippen LogP contribution in [-0.4, -0.2) is 21.0 Å². The van der Waals surface area contributed by atoms with E-state index < -0.39 is 0 Å². The van der Waals surface area contributed by atoms with Gasteiger partial charge in [0.15, 0.2) is 0 Å². The number of aryl methyl sites for hydroxylation is 3. The smallest absolute Gasteiger partial charge is 0.259 e. The van der Waals surface area contributed by atoms with E-state index in [-0.39, 0.29) is 36.0 Å². The first-order valence-electron chi connectivity index (χ1n) is 9.42. The fourth-order valence-corrected chi connectivity index (χ4v) is 3.31.